The summed E-state index contributed by atoms with van der Waals surface area (Å²) in [7, 11) is 1.64. The van der Waals surface area contributed by atoms with Crippen molar-refractivity contribution in [3.8, 4) is 5.75 Å². The summed E-state index contributed by atoms with van der Waals surface area (Å²) < 4.78 is 5.21. The van der Waals surface area contributed by atoms with Gasteiger partial charge < -0.3 is 4.74 Å². The minimum atomic E-state index is -0.289. The molecule has 1 N–H and O–H groups in total. The fourth-order valence-corrected chi connectivity index (χ4v) is 2.93. The van der Waals surface area contributed by atoms with Crippen LogP contribution < -0.4 is 10.1 Å². The number of benzene rings is 1. The van der Waals surface area contributed by atoms with Crippen molar-refractivity contribution in [3.63, 3.8) is 0 Å². The number of aryl methyl sites for hydroxylation is 1. The predicted molar refractivity (Wildman–Crippen MR) is 92.6 cm³/mol. The van der Waals surface area contributed by atoms with Crippen molar-refractivity contribution in [1.82, 2.24) is 15.2 Å². The van der Waals surface area contributed by atoms with Crippen molar-refractivity contribution < 1.29 is 9.53 Å². The number of pyridine rings is 1. The Labute approximate surface area is 143 Å². The Morgan fingerprint density at radius 1 is 1.21 bits per heavy atom. The van der Waals surface area contributed by atoms with Gasteiger partial charge in [0.15, 0.2) is 0 Å². The molecule has 0 aliphatic heterocycles. The van der Waals surface area contributed by atoms with Crippen LogP contribution in [-0.2, 0) is 6.42 Å². The zero-order valence-electron chi connectivity index (χ0n) is 13.3. The van der Waals surface area contributed by atoms with Gasteiger partial charge in [0.2, 0.25) is 5.13 Å². The highest BCUT2D eigenvalue weighted by atomic mass is 32.1. The molecule has 1 aromatic carbocycles. The van der Waals surface area contributed by atoms with Crippen LogP contribution in [0.2, 0.25) is 0 Å². The van der Waals surface area contributed by atoms with Gasteiger partial charge in [0.1, 0.15) is 16.5 Å². The van der Waals surface area contributed by atoms with E-state index >= 15 is 0 Å². The van der Waals surface area contributed by atoms with E-state index in [1.165, 1.54) is 11.3 Å². The molecule has 1 amide bonds. The standard InChI is InChI=1S/C17H16N4O2S/c1-11-5-3-8-14(18-11)16(22)19-17-21-20-15(24-17)10-12-6-4-7-13(9-12)23-2/h3-9H,10H2,1-2H3,(H,19,21,22). The van der Waals surface area contributed by atoms with Crippen LogP contribution in [0.5, 0.6) is 5.75 Å². The van der Waals surface area contributed by atoms with Gasteiger partial charge in [-0.05, 0) is 36.8 Å². The van der Waals surface area contributed by atoms with E-state index in [4.69, 9.17) is 4.74 Å². The summed E-state index contributed by atoms with van der Waals surface area (Å²) >= 11 is 1.35. The zero-order chi connectivity index (χ0) is 16.9. The first-order chi connectivity index (χ1) is 11.6. The number of methoxy groups -OCH3 is 1. The van der Waals surface area contributed by atoms with Gasteiger partial charge in [0, 0.05) is 12.1 Å². The van der Waals surface area contributed by atoms with Gasteiger partial charge in [-0.1, -0.05) is 29.5 Å². The first-order valence-corrected chi connectivity index (χ1v) is 8.16. The molecule has 0 unspecified atom stereocenters. The lowest BCUT2D eigenvalue weighted by Gasteiger charge is -2.02. The molecule has 0 bridgehead atoms. The molecule has 0 aliphatic rings. The van der Waals surface area contributed by atoms with E-state index in [-0.39, 0.29) is 5.91 Å². The number of hydrogen-bond acceptors (Lipinski definition) is 6. The van der Waals surface area contributed by atoms with Gasteiger partial charge >= 0.3 is 0 Å². The number of aromatic nitrogens is 3. The number of ether oxygens (including phenoxy) is 1. The van der Waals surface area contributed by atoms with Crippen LogP contribution in [-0.4, -0.2) is 28.2 Å². The molecule has 2 heterocycles. The highest BCUT2D eigenvalue weighted by Crippen LogP contribution is 2.21. The van der Waals surface area contributed by atoms with Crippen LogP contribution in [0.4, 0.5) is 5.13 Å². The topological polar surface area (TPSA) is 77.0 Å². The van der Waals surface area contributed by atoms with E-state index in [1.807, 2.05) is 37.3 Å². The Bertz CT molecular complexity index is 863. The highest BCUT2D eigenvalue weighted by molar-refractivity contribution is 7.15. The van der Waals surface area contributed by atoms with Gasteiger partial charge in [-0.2, -0.15) is 0 Å². The lowest BCUT2D eigenvalue weighted by molar-refractivity contribution is 0.102. The van der Waals surface area contributed by atoms with Gasteiger partial charge in [-0.25, -0.2) is 4.98 Å². The van der Waals surface area contributed by atoms with Gasteiger partial charge in [-0.3, -0.25) is 10.1 Å². The number of nitrogens with one attached hydrogen (secondary N) is 1. The normalized spacial score (nSPS) is 10.4. The first kappa shape index (κ1) is 16.1. The fraction of sp³-hybridized carbons (Fsp3) is 0.176. The summed E-state index contributed by atoms with van der Waals surface area (Å²) in [5.74, 6) is 0.513. The maximum atomic E-state index is 12.2. The number of anilines is 1. The maximum absolute atomic E-state index is 12.2. The molecule has 3 aromatic rings. The second-order valence-corrected chi connectivity index (χ2v) is 6.21. The maximum Gasteiger partial charge on any atom is 0.276 e. The SMILES string of the molecule is COc1cccc(Cc2nnc(NC(=O)c3cccc(C)n3)s2)c1. The van der Waals surface area contributed by atoms with E-state index in [2.05, 4.69) is 20.5 Å². The molecule has 6 nitrogen and oxygen atoms in total. The summed E-state index contributed by atoms with van der Waals surface area (Å²) in [5, 5.41) is 12.2. The second kappa shape index (κ2) is 7.18. The van der Waals surface area contributed by atoms with E-state index in [0.717, 1.165) is 22.0 Å². The number of hydrogen-bond donors (Lipinski definition) is 1. The molecule has 0 fully saturated rings. The Hall–Kier alpha value is -2.80. The molecule has 0 atom stereocenters. The Kier molecular flexibility index (Phi) is 4.81. The Morgan fingerprint density at radius 3 is 2.83 bits per heavy atom. The van der Waals surface area contributed by atoms with Gasteiger partial charge in [0.25, 0.3) is 5.91 Å². The third-order valence-electron chi connectivity index (χ3n) is 3.30. The molecule has 0 spiro atoms. The monoisotopic (exact) mass is 340 g/mol. The van der Waals surface area contributed by atoms with E-state index in [9.17, 15) is 4.79 Å². The minimum Gasteiger partial charge on any atom is -0.497 e. The summed E-state index contributed by atoms with van der Waals surface area (Å²) in [5.41, 5.74) is 2.22. The molecule has 24 heavy (non-hydrogen) atoms. The van der Waals surface area contributed by atoms with Crippen molar-refractivity contribution in [2.75, 3.05) is 12.4 Å². The lowest BCUT2D eigenvalue weighted by atomic mass is 10.1. The fourth-order valence-electron chi connectivity index (χ4n) is 2.16. The number of carbonyl (C=O) groups excluding carboxylic acids is 1. The largest absolute Gasteiger partial charge is 0.497 e. The summed E-state index contributed by atoms with van der Waals surface area (Å²) in [6, 6.07) is 13.1. The third kappa shape index (κ3) is 3.94. The van der Waals surface area contributed by atoms with Crippen molar-refractivity contribution >= 4 is 22.4 Å². The van der Waals surface area contributed by atoms with E-state index < -0.39 is 0 Å². The molecule has 0 radical (unpaired) electrons. The Morgan fingerprint density at radius 2 is 2.04 bits per heavy atom. The van der Waals surface area contributed by atoms with Gasteiger partial charge in [0.05, 0.1) is 7.11 Å². The molecule has 3 rings (SSSR count). The minimum absolute atomic E-state index is 0.289. The molecule has 0 saturated heterocycles. The zero-order valence-corrected chi connectivity index (χ0v) is 14.1. The van der Waals surface area contributed by atoms with E-state index in [1.54, 1.807) is 19.2 Å². The molecule has 0 aliphatic carbocycles. The van der Waals surface area contributed by atoms with Crippen LogP contribution >= 0.6 is 11.3 Å². The van der Waals surface area contributed by atoms with Crippen molar-refractivity contribution in [2.45, 2.75) is 13.3 Å². The smallest absolute Gasteiger partial charge is 0.276 e. The summed E-state index contributed by atoms with van der Waals surface area (Å²) in [6.07, 6.45) is 0.632. The van der Waals surface area contributed by atoms with Crippen LogP contribution in [0.3, 0.4) is 0 Å². The number of rotatable bonds is 5. The molecular formula is C17H16N4O2S. The average molecular weight is 340 g/mol. The third-order valence-corrected chi connectivity index (χ3v) is 4.14. The van der Waals surface area contributed by atoms with E-state index in [0.29, 0.717) is 17.2 Å². The van der Waals surface area contributed by atoms with Crippen LogP contribution in [0.25, 0.3) is 0 Å². The highest BCUT2D eigenvalue weighted by Gasteiger charge is 2.12. The van der Waals surface area contributed by atoms with Crippen LogP contribution in [0.1, 0.15) is 26.8 Å². The molecule has 122 valence electrons. The number of amides is 1. The molecular weight excluding hydrogens is 324 g/mol. The molecule has 0 saturated carbocycles. The van der Waals surface area contributed by atoms with Crippen molar-refractivity contribution in [1.29, 1.82) is 0 Å². The first-order valence-electron chi connectivity index (χ1n) is 7.34. The quantitative estimate of drug-likeness (QED) is 0.772. The van der Waals surface area contributed by atoms with Crippen molar-refractivity contribution in [2.24, 2.45) is 0 Å². The predicted octanol–water partition coefficient (Wildman–Crippen LogP) is 3.09. The lowest BCUT2D eigenvalue weighted by Crippen LogP contribution is -2.13. The van der Waals surface area contributed by atoms with Crippen LogP contribution in [0.15, 0.2) is 42.5 Å². The second-order valence-electron chi connectivity index (χ2n) is 5.15. The number of carbonyl (C=O) groups is 1. The molecule has 2 aromatic heterocycles. The number of nitrogens with zero attached hydrogens (tertiary/aromatic N) is 3. The van der Waals surface area contributed by atoms with Crippen LogP contribution in [0, 0.1) is 6.92 Å². The summed E-state index contributed by atoms with van der Waals surface area (Å²) in [4.78, 5) is 16.4. The van der Waals surface area contributed by atoms with Gasteiger partial charge in [-0.15, -0.1) is 10.2 Å². The van der Waals surface area contributed by atoms with Crippen molar-refractivity contribution in [3.05, 3.63) is 64.4 Å². The Balaban J connectivity index is 1.68. The molecule has 7 heteroatoms. The average Bonchev–Trinajstić information content (AvgIpc) is 3.02. The summed E-state index contributed by atoms with van der Waals surface area (Å²) in [6.45, 7) is 1.84.